The van der Waals surface area contributed by atoms with Crippen LogP contribution in [-0.4, -0.2) is 27.8 Å². The molecule has 0 aliphatic rings. The molecule has 0 aliphatic heterocycles. The van der Waals surface area contributed by atoms with Crippen molar-refractivity contribution in [3.05, 3.63) is 65.7 Å². The predicted molar refractivity (Wildman–Crippen MR) is 109 cm³/mol. The molecule has 30 heavy (non-hydrogen) atoms. The van der Waals surface area contributed by atoms with Gasteiger partial charge in [0, 0.05) is 0 Å². The Hall–Kier alpha value is -2.92. The van der Waals surface area contributed by atoms with Crippen molar-refractivity contribution in [1.29, 1.82) is 0 Å². The van der Waals surface area contributed by atoms with E-state index in [4.69, 9.17) is 0 Å². The summed E-state index contributed by atoms with van der Waals surface area (Å²) in [6, 6.07) is 13.9. The standard InChI is InChI=1S/C19H15F3N4O2S2/c20-19(21,22)13-8-4-5-9-14(13)23-16(28)11-29-18-26-25-17(30-18)24-15(27)10-12-6-2-1-3-7-12/h1-9H,10-11H2,(H,23,28)(H,24,25,27). The van der Waals surface area contributed by atoms with Crippen molar-refractivity contribution in [1.82, 2.24) is 10.2 Å². The van der Waals surface area contributed by atoms with Crippen LogP contribution in [0, 0.1) is 0 Å². The van der Waals surface area contributed by atoms with E-state index in [0.29, 0.717) is 4.34 Å². The molecule has 0 bridgehead atoms. The van der Waals surface area contributed by atoms with Gasteiger partial charge in [0.2, 0.25) is 16.9 Å². The first-order valence-corrected chi connectivity index (χ1v) is 10.4. The maximum atomic E-state index is 13.0. The molecule has 0 fully saturated rings. The minimum atomic E-state index is -4.57. The van der Waals surface area contributed by atoms with E-state index in [-0.39, 0.29) is 28.9 Å². The Bertz CT molecular complexity index is 1030. The highest BCUT2D eigenvalue weighted by atomic mass is 32.2. The first-order chi connectivity index (χ1) is 14.3. The number of para-hydroxylation sites is 1. The molecule has 3 aromatic rings. The van der Waals surface area contributed by atoms with Gasteiger partial charge in [0.15, 0.2) is 4.34 Å². The number of nitrogens with one attached hydrogen (secondary N) is 2. The van der Waals surface area contributed by atoms with Gasteiger partial charge in [-0.05, 0) is 17.7 Å². The van der Waals surface area contributed by atoms with Gasteiger partial charge in [0.05, 0.1) is 23.4 Å². The average Bonchev–Trinajstić information content (AvgIpc) is 3.14. The first kappa shape index (κ1) is 21.8. The van der Waals surface area contributed by atoms with Gasteiger partial charge >= 0.3 is 6.18 Å². The summed E-state index contributed by atoms with van der Waals surface area (Å²) in [6.45, 7) is 0. The molecule has 0 atom stereocenters. The fraction of sp³-hybridized carbons (Fsp3) is 0.158. The minimum Gasteiger partial charge on any atom is -0.325 e. The van der Waals surface area contributed by atoms with Crippen LogP contribution in [0.5, 0.6) is 0 Å². The number of carbonyl (C=O) groups excluding carboxylic acids is 2. The summed E-state index contributed by atoms with van der Waals surface area (Å²) >= 11 is 2.09. The van der Waals surface area contributed by atoms with Crippen molar-refractivity contribution < 1.29 is 22.8 Å². The zero-order valence-electron chi connectivity index (χ0n) is 15.3. The highest BCUT2D eigenvalue weighted by Gasteiger charge is 2.33. The Morgan fingerprint density at radius 3 is 2.37 bits per heavy atom. The Morgan fingerprint density at radius 1 is 0.933 bits per heavy atom. The first-order valence-electron chi connectivity index (χ1n) is 8.57. The number of benzene rings is 2. The largest absolute Gasteiger partial charge is 0.418 e. The second kappa shape index (κ2) is 9.72. The third-order valence-corrected chi connectivity index (χ3v) is 5.67. The lowest BCUT2D eigenvalue weighted by atomic mass is 10.1. The maximum Gasteiger partial charge on any atom is 0.418 e. The predicted octanol–water partition coefficient (Wildman–Crippen LogP) is 4.47. The monoisotopic (exact) mass is 452 g/mol. The average molecular weight is 452 g/mol. The van der Waals surface area contributed by atoms with Crippen LogP contribution in [-0.2, 0) is 22.2 Å². The van der Waals surface area contributed by atoms with Crippen LogP contribution >= 0.6 is 23.1 Å². The lowest BCUT2D eigenvalue weighted by molar-refractivity contribution is -0.137. The summed E-state index contributed by atoms with van der Waals surface area (Å²) < 4.78 is 39.4. The highest BCUT2D eigenvalue weighted by Crippen LogP contribution is 2.34. The summed E-state index contributed by atoms with van der Waals surface area (Å²) in [5, 5.41) is 12.9. The minimum absolute atomic E-state index is 0.154. The van der Waals surface area contributed by atoms with E-state index in [2.05, 4.69) is 20.8 Å². The van der Waals surface area contributed by atoms with Gasteiger partial charge in [-0.25, -0.2) is 0 Å². The number of amides is 2. The molecule has 156 valence electrons. The molecule has 6 nitrogen and oxygen atoms in total. The van der Waals surface area contributed by atoms with Crippen LogP contribution in [0.15, 0.2) is 58.9 Å². The van der Waals surface area contributed by atoms with Crippen molar-refractivity contribution in [3.63, 3.8) is 0 Å². The third kappa shape index (κ3) is 6.29. The third-order valence-electron chi connectivity index (χ3n) is 3.69. The van der Waals surface area contributed by atoms with Gasteiger partial charge in [0.25, 0.3) is 0 Å². The second-order valence-corrected chi connectivity index (χ2v) is 8.16. The Labute approximate surface area is 177 Å². The topological polar surface area (TPSA) is 84.0 Å². The second-order valence-electron chi connectivity index (χ2n) is 5.96. The Balaban J connectivity index is 1.51. The van der Waals surface area contributed by atoms with E-state index in [0.717, 1.165) is 34.7 Å². The van der Waals surface area contributed by atoms with E-state index in [1.807, 2.05) is 30.3 Å². The number of alkyl halides is 3. The molecule has 0 aliphatic carbocycles. The lowest BCUT2D eigenvalue weighted by Gasteiger charge is -2.13. The molecule has 2 N–H and O–H groups in total. The van der Waals surface area contributed by atoms with Gasteiger partial charge < -0.3 is 10.6 Å². The zero-order valence-corrected chi connectivity index (χ0v) is 16.9. The number of hydrogen-bond donors (Lipinski definition) is 2. The van der Waals surface area contributed by atoms with Gasteiger partial charge in [0.1, 0.15) is 0 Å². The van der Waals surface area contributed by atoms with Crippen LogP contribution in [0.25, 0.3) is 0 Å². The SMILES string of the molecule is O=C(Cc1ccccc1)Nc1nnc(SCC(=O)Nc2ccccc2C(F)(F)F)s1. The molecule has 0 saturated heterocycles. The Morgan fingerprint density at radius 2 is 1.63 bits per heavy atom. The summed E-state index contributed by atoms with van der Waals surface area (Å²) in [5.74, 6) is -1.02. The number of carbonyl (C=O) groups is 2. The number of thioether (sulfide) groups is 1. The lowest BCUT2D eigenvalue weighted by Crippen LogP contribution is -2.18. The van der Waals surface area contributed by atoms with Crippen LogP contribution < -0.4 is 10.6 Å². The van der Waals surface area contributed by atoms with Crippen molar-refractivity contribution in [3.8, 4) is 0 Å². The molecular weight excluding hydrogens is 437 g/mol. The molecule has 2 aromatic carbocycles. The highest BCUT2D eigenvalue weighted by molar-refractivity contribution is 8.01. The van der Waals surface area contributed by atoms with Gasteiger partial charge in [-0.2, -0.15) is 13.2 Å². The molecule has 1 heterocycles. The molecule has 0 spiro atoms. The van der Waals surface area contributed by atoms with Crippen molar-refractivity contribution in [2.75, 3.05) is 16.4 Å². The summed E-state index contributed by atoms with van der Waals surface area (Å²) in [6.07, 6.45) is -4.38. The van der Waals surface area contributed by atoms with E-state index < -0.39 is 17.6 Å². The van der Waals surface area contributed by atoms with Gasteiger partial charge in [-0.1, -0.05) is 65.6 Å². The fourth-order valence-corrected chi connectivity index (χ4v) is 3.98. The molecule has 3 rings (SSSR count). The fourth-order valence-electron chi connectivity index (χ4n) is 2.42. The normalized spacial score (nSPS) is 11.2. The van der Waals surface area contributed by atoms with Gasteiger partial charge in [-0.15, -0.1) is 10.2 Å². The summed E-state index contributed by atoms with van der Waals surface area (Å²) in [7, 11) is 0. The summed E-state index contributed by atoms with van der Waals surface area (Å²) in [5.41, 5.74) is -0.366. The summed E-state index contributed by atoms with van der Waals surface area (Å²) in [4.78, 5) is 24.1. The molecule has 2 amide bonds. The quantitative estimate of drug-likeness (QED) is 0.408. The van der Waals surface area contributed by atoms with Crippen LogP contribution in [0.3, 0.4) is 0 Å². The van der Waals surface area contributed by atoms with E-state index in [9.17, 15) is 22.8 Å². The van der Waals surface area contributed by atoms with Crippen molar-refractivity contribution >= 4 is 45.7 Å². The van der Waals surface area contributed by atoms with Crippen LogP contribution in [0.2, 0.25) is 0 Å². The van der Waals surface area contributed by atoms with E-state index in [1.165, 1.54) is 18.2 Å². The van der Waals surface area contributed by atoms with E-state index >= 15 is 0 Å². The van der Waals surface area contributed by atoms with Crippen molar-refractivity contribution in [2.45, 2.75) is 16.9 Å². The molecule has 11 heteroatoms. The number of halogens is 3. The smallest absolute Gasteiger partial charge is 0.325 e. The van der Waals surface area contributed by atoms with Crippen LogP contribution in [0.1, 0.15) is 11.1 Å². The molecule has 0 saturated carbocycles. The van der Waals surface area contributed by atoms with Crippen LogP contribution in [0.4, 0.5) is 24.0 Å². The number of nitrogens with zero attached hydrogens (tertiary/aromatic N) is 2. The number of anilines is 2. The maximum absolute atomic E-state index is 13.0. The molecule has 0 unspecified atom stereocenters. The Kier molecular flexibility index (Phi) is 7.06. The van der Waals surface area contributed by atoms with E-state index in [1.54, 1.807) is 0 Å². The number of aromatic nitrogens is 2. The number of rotatable bonds is 7. The zero-order chi connectivity index (χ0) is 21.6. The van der Waals surface area contributed by atoms with Gasteiger partial charge in [-0.3, -0.25) is 9.59 Å². The molecule has 0 radical (unpaired) electrons. The molecular formula is C19H15F3N4O2S2. The van der Waals surface area contributed by atoms with Crippen molar-refractivity contribution in [2.24, 2.45) is 0 Å². The number of hydrogen-bond acceptors (Lipinski definition) is 6. The molecule has 1 aromatic heterocycles.